The topological polar surface area (TPSA) is 199 Å². The summed E-state index contributed by atoms with van der Waals surface area (Å²) in [6.07, 6.45) is 9.48. The lowest BCUT2D eigenvalue weighted by Crippen LogP contribution is -2.58. The molecule has 3 N–H and O–H groups in total. The zero-order chi connectivity index (χ0) is 46.7. The highest BCUT2D eigenvalue weighted by Gasteiger charge is 2.50. The number of fused-ring (bicyclic) bond motifs is 2. The molecule has 67 heavy (non-hydrogen) atoms. The lowest BCUT2D eigenvalue weighted by atomic mass is 9.59. The van der Waals surface area contributed by atoms with Crippen LogP contribution in [0.5, 0.6) is 23.0 Å². The molecule has 0 radical (unpaired) electrons. The summed E-state index contributed by atoms with van der Waals surface area (Å²) in [5.41, 5.74) is 3.05. The quantitative estimate of drug-likeness (QED) is 0.0844. The van der Waals surface area contributed by atoms with Gasteiger partial charge in [0.15, 0.2) is 5.75 Å². The first kappa shape index (κ1) is 45.1. The number of benzene rings is 3. The largest absolute Gasteiger partial charge is 0.485 e. The fourth-order valence-corrected chi connectivity index (χ4v) is 12.1. The molecule has 5 aliphatic rings. The Balaban J connectivity index is 0.856. The van der Waals surface area contributed by atoms with Crippen molar-refractivity contribution in [2.45, 2.75) is 107 Å². The van der Waals surface area contributed by atoms with E-state index in [0.717, 1.165) is 75.1 Å². The van der Waals surface area contributed by atoms with Gasteiger partial charge in [-0.3, -0.25) is 19.8 Å². The number of hydrogen-bond donors (Lipinski definition) is 3. The molecule has 16 nitrogen and oxygen atoms in total. The summed E-state index contributed by atoms with van der Waals surface area (Å²) in [6, 6.07) is 20.3. The number of ether oxygens (including phenoxy) is 4. The Morgan fingerprint density at radius 1 is 1.01 bits per heavy atom. The van der Waals surface area contributed by atoms with Gasteiger partial charge < -0.3 is 33.9 Å². The number of nitrogens with zero attached hydrogens (tertiary/aromatic N) is 4. The molecule has 2 aliphatic carbocycles. The zero-order valence-electron chi connectivity index (χ0n) is 38.1. The maximum absolute atomic E-state index is 14.1. The van der Waals surface area contributed by atoms with Crippen molar-refractivity contribution < 1.29 is 42.2 Å². The molecule has 3 aliphatic heterocycles. The van der Waals surface area contributed by atoms with Gasteiger partial charge in [-0.15, -0.1) is 0 Å². The van der Waals surface area contributed by atoms with Crippen molar-refractivity contribution in [1.82, 2.24) is 19.6 Å². The summed E-state index contributed by atoms with van der Waals surface area (Å²) in [7, 11) is -4.69. The molecule has 354 valence electrons. The highest BCUT2D eigenvalue weighted by Crippen LogP contribution is 2.53. The molecule has 10 rings (SSSR count). The Labute approximate surface area is 390 Å². The van der Waals surface area contributed by atoms with Gasteiger partial charge in [-0.1, -0.05) is 38.1 Å². The number of anilines is 1. The van der Waals surface area contributed by atoms with Gasteiger partial charge in [-0.25, -0.2) is 18.1 Å². The average molecular weight is 935 g/mol. The number of nitrogens with one attached hydrogen (secondary N) is 2. The van der Waals surface area contributed by atoms with Gasteiger partial charge in [0.2, 0.25) is 5.75 Å². The number of aromatic amines is 1. The number of piperidine rings is 1. The number of carbonyl (C=O) groups excluding carboxylic acids is 1. The molecular weight excluding hydrogens is 877 g/mol. The third kappa shape index (κ3) is 9.06. The normalized spacial score (nSPS) is 24.4. The van der Waals surface area contributed by atoms with Crippen LogP contribution in [0.25, 0.3) is 11.0 Å². The fraction of sp³-hybridized carbons (Fsp3) is 0.480. The second-order valence-corrected chi connectivity index (χ2v) is 21.5. The maximum atomic E-state index is 14.1. The van der Waals surface area contributed by atoms with E-state index in [1.807, 2.05) is 6.07 Å². The fourth-order valence-electron chi connectivity index (χ4n) is 11.1. The summed E-state index contributed by atoms with van der Waals surface area (Å²) in [5.74, 6) is -0.379. The highest BCUT2D eigenvalue weighted by atomic mass is 32.2. The number of morpholine rings is 1. The van der Waals surface area contributed by atoms with E-state index in [9.17, 15) is 28.4 Å². The van der Waals surface area contributed by atoms with Gasteiger partial charge in [0.05, 0.1) is 46.4 Å². The number of rotatable bonds is 11. The van der Waals surface area contributed by atoms with Crippen LogP contribution in [0.3, 0.4) is 0 Å². The smallest absolute Gasteiger partial charge is 0.316 e. The first-order valence-corrected chi connectivity index (χ1v) is 25.0. The predicted molar refractivity (Wildman–Crippen MR) is 251 cm³/mol. The minimum atomic E-state index is -4.69. The van der Waals surface area contributed by atoms with Crippen LogP contribution in [0.15, 0.2) is 84.0 Å². The number of amides is 1. The molecule has 5 aromatic rings. The van der Waals surface area contributed by atoms with Gasteiger partial charge in [-0.05, 0) is 111 Å². The lowest BCUT2D eigenvalue weighted by Gasteiger charge is -2.57. The maximum Gasteiger partial charge on any atom is 0.316 e. The van der Waals surface area contributed by atoms with E-state index in [0.29, 0.717) is 55.6 Å². The highest BCUT2D eigenvalue weighted by molar-refractivity contribution is 7.90. The molecule has 4 fully saturated rings. The Kier molecular flexibility index (Phi) is 11.9. The zero-order valence-corrected chi connectivity index (χ0v) is 38.9. The number of nitro benzene ring substituents is 1. The molecule has 5 heterocycles. The monoisotopic (exact) mass is 934 g/mol. The summed E-state index contributed by atoms with van der Waals surface area (Å²) < 4.78 is 54.5. The molecule has 2 atom stereocenters. The van der Waals surface area contributed by atoms with Gasteiger partial charge in [0.25, 0.3) is 15.9 Å². The SMILES string of the molecule is CC(C)c1ccccc1[C@@H]1COCCN1C1CC2(CCN(c3ccc(C(=O)NS(=O)(=O)c4cc5c(c([N+](=O)[O-])c4)O[C@H](C4CCC(C)(O)CC4)CO5)c(Oc4cnc5[nH]ccc5c4)c3)CC2)C1. The minimum Gasteiger partial charge on any atom is -0.485 e. The van der Waals surface area contributed by atoms with Gasteiger partial charge in [0, 0.05) is 61.1 Å². The third-order valence-corrected chi connectivity index (χ3v) is 16.3. The number of nitro groups is 1. The molecule has 0 bridgehead atoms. The van der Waals surface area contributed by atoms with Crippen LogP contribution < -0.4 is 23.8 Å². The van der Waals surface area contributed by atoms with E-state index in [4.69, 9.17) is 18.9 Å². The van der Waals surface area contributed by atoms with E-state index in [-0.39, 0.29) is 46.8 Å². The van der Waals surface area contributed by atoms with E-state index >= 15 is 0 Å². The molecule has 2 saturated carbocycles. The molecular formula is C50H58N6O10S. The second kappa shape index (κ2) is 17.7. The van der Waals surface area contributed by atoms with Crippen LogP contribution in [0.1, 0.15) is 106 Å². The van der Waals surface area contributed by atoms with E-state index < -0.39 is 43.1 Å². The second-order valence-electron chi connectivity index (χ2n) is 19.8. The first-order chi connectivity index (χ1) is 32.1. The van der Waals surface area contributed by atoms with Crippen LogP contribution in [0.2, 0.25) is 0 Å². The van der Waals surface area contributed by atoms with Gasteiger partial charge in [0.1, 0.15) is 29.9 Å². The van der Waals surface area contributed by atoms with Crippen LogP contribution >= 0.6 is 0 Å². The summed E-state index contributed by atoms with van der Waals surface area (Å²) in [6.45, 7) is 10.3. The summed E-state index contributed by atoms with van der Waals surface area (Å²) in [5, 5.41) is 23.6. The Morgan fingerprint density at radius 2 is 1.79 bits per heavy atom. The van der Waals surface area contributed by atoms with Crippen molar-refractivity contribution >= 4 is 38.3 Å². The summed E-state index contributed by atoms with van der Waals surface area (Å²) in [4.78, 5) is 37.7. The van der Waals surface area contributed by atoms with Gasteiger partial charge >= 0.3 is 5.69 Å². The lowest BCUT2D eigenvalue weighted by molar-refractivity contribution is -0.386. The molecule has 17 heteroatoms. The first-order valence-electron chi connectivity index (χ1n) is 23.5. The number of carbonyl (C=O) groups is 1. The van der Waals surface area contributed by atoms with Crippen molar-refractivity contribution in [3.8, 4) is 23.0 Å². The van der Waals surface area contributed by atoms with Crippen LogP contribution in [0, 0.1) is 21.4 Å². The minimum absolute atomic E-state index is 0.00542. The van der Waals surface area contributed by atoms with Crippen molar-refractivity contribution in [1.29, 1.82) is 0 Å². The Morgan fingerprint density at radius 3 is 2.55 bits per heavy atom. The van der Waals surface area contributed by atoms with E-state index in [2.05, 4.69) is 62.6 Å². The van der Waals surface area contributed by atoms with Gasteiger partial charge in [-0.2, -0.15) is 0 Å². The van der Waals surface area contributed by atoms with Crippen molar-refractivity contribution in [3.05, 3.63) is 106 Å². The van der Waals surface area contributed by atoms with E-state index in [1.165, 1.54) is 17.3 Å². The van der Waals surface area contributed by atoms with Crippen molar-refractivity contribution in [3.63, 3.8) is 0 Å². The van der Waals surface area contributed by atoms with E-state index in [1.54, 1.807) is 37.4 Å². The standard InChI is InChI=1S/C50H58N6O10S/c1-31(2)38-6-4-5-7-39(38)42-29-63-21-20-55(42)35-26-50(27-35)15-18-54(19-16-50)34-8-9-40(43(23-34)65-36-22-33-12-17-51-47(33)52-28-36)48(57)53-67(61,62)37-24-41(56(59)60)46-44(25-37)64-30-45(66-46)32-10-13-49(3,58)14-11-32/h4-9,12,17,22-25,28,31-32,35,42,45,58H,10-11,13-16,18-21,26-27,29-30H2,1-3H3,(H,51,52)(H,53,57)/t32?,42-,45-,49?/m0/s1. The van der Waals surface area contributed by atoms with Crippen LogP contribution in [-0.4, -0.2) is 96.4 Å². The molecule has 1 spiro atoms. The summed E-state index contributed by atoms with van der Waals surface area (Å²) >= 11 is 0. The average Bonchev–Trinajstić information content (AvgIpc) is 3.78. The molecule has 1 amide bonds. The number of sulfonamides is 1. The number of aliphatic hydroxyl groups is 1. The number of hydrogen-bond acceptors (Lipinski definition) is 13. The van der Waals surface area contributed by atoms with Crippen LogP contribution in [0.4, 0.5) is 11.4 Å². The Hall–Kier alpha value is -5.75. The van der Waals surface area contributed by atoms with Crippen molar-refractivity contribution in [2.24, 2.45) is 11.3 Å². The predicted octanol–water partition coefficient (Wildman–Crippen LogP) is 8.41. The molecule has 2 aromatic heterocycles. The molecule has 3 aromatic carbocycles. The number of pyridine rings is 1. The molecule has 0 unspecified atom stereocenters. The van der Waals surface area contributed by atoms with Crippen LogP contribution in [-0.2, 0) is 14.8 Å². The van der Waals surface area contributed by atoms with Crippen molar-refractivity contribution in [2.75, 3.05) is 44.4 Å². The number of H-pyrrole nitrogens is 1. The number of aromatic nitrogens is 2. The Bertz CT molecular complexity index is 2790. The third-order valence-electron chi connectivity index (χ3n) is 15.0. The molecule has 2 saturated heterocycles.